The van der Waals surface area contributed by atoms with E-state index < -0.39 is 12.0 Å². The third kappa shape index (κ3) is 4.55. The Balaban J connectivity index is 1.91. The SMILES string of the molecule is CCOC(=O)C1=C(C)N(N)C(=S)N[C@@H]1c1ccc(OCc2ccccc2)c(OC)c1. The number of hydrogen-bond donors (Lipinski definition) is 2. The molecule has 0 fully saturated rings. The zero-order chi connectivity index (χ0) is 21.7. The van der Waals surface area contributed by atoms with Gasteiger partial charge in [0.2, 0.25) is 0 Å². The number of hydrogen-bond acceptors (Lipinski definition) is 6. The average Bonchev–Trinajstić information content (AvgIpc) is 2.76. The Morgan fingerprint density at radius 2 is 1.93 bits per heavy atom. The zero-order valence-electron chi connectivity index (χ0n) is 17.2. The van der Waals surface area contributed by atoms with Crippen molar-refractivity contribution in [3.63, 3.8) is 0 Å². The molecule has 2 aromatic rings. The van der Waals surface area contributed by atoms with Crippen molar-refractivity contribution in [2.45, 2.75) is 26.5 Å². The van der Waals surface area contributed by atoms with Crippen molar-refractivity contribution in [1.29, 1.82) is 0 Å². The molecule has 0 bridgehead atoms. The predicted molar refractivity (Wildman–Crippen MR) is 118 cm³/mol. The van der Waals surface area contributed by atoms with Crippen molar-refractivity contribution in [1.82, 2.24) is 10.3 Å². The number of benzene rings is 2. The lowest BCUT2D eigenvalue weighted by Gasteiger charge is -2.34. The predicted octanol–water partition coefficient (Wildman–Crippen LogP) is 3.22. The summed E-state index contributed by atoms with van der Waals surface area (Å²) in [6, 6.07) is 14.8. The summed E-state index contributed by atoms with van der Waals surface area (Å²) in [6.07, 6.45) is 0. The minimum atomic E-state index is -0.520. The van der Waals surface area contributed by atoms with E-state index in [2.05, 4.69) is 5.32 Å². The molecule has 0 spiro atoms. The highest BCUT2D eigenvalue weighted by atomic mass is 32.1. The fourth-order valence-corrected chi connectivity index (χ4v) is 3.45. The van der Waals surface area contributed by atoms with Gasteiger partial charge in [0.05, 0.1) is 25.3 Å². The summed E-state index contributed by atoms with van der Waals surface area (Å²) in [5.74, 6) is 6.68. The highest BCUT2D eigenvalue weighted by Gasteiger charge is 2.34. The number of carbonyl (C=O) groups excluding carboxylic acids is 1. The number of rotatable bonds is 7. The standard InChI is InChI=1S/C22H25N3O4S/c1-4-28-21(26)19-14(2)25(23)22(30)24-20(19)16-10-11-17(18(12-16)27-3)29-13-15-8-6-5-7-9-15/h5-12,20H,4,13,23H2,1-3H3,(H,24,30)/t20-/m1/s1. The van der Waals surface area contributed by atoms with E-state index in [0.29, 0.717) is 34.5 Å². The van der Waals surface area contributed by atoms with Crippen LogP contribution in [-0.2, 0) is 16.1 Å². The summed E-state index contributed by atoms with van der Waals surface area (Å²) in [5, 5.41) is 4.69. The second kappa shape index (κ2) is 9.60. The van der Waals surface area contributed by atoms with Crippen LogP contribution in [0.4, 0.5) is 0 Å². The normalized spacial score (nSPS) is 16.2. The summed E-state index contributed by atoms with van der Waals surface area (Å²) in [4.78, 5) is 12.6. The Kier molecular flexibility index (Phi) is 6.91. The molecule has 0 saturated carbocycles. The maximum Gasteiger partial charge on any atom is 0.338 e. The monoisotopic (exact) mass is 427 g/mol. The van der Waals surface area contributed by atoms with Crippen LogP contribution in [0.3, 0.4) is 0 Å². The molecule has 3 rings (SSSR count). The molecule has 0 aromatic heterocycles. The number of carbonyl (C=O) groups is 1. The summed E-state index contributed by atoms with van der Waals surface area (Å²) in [5.41, 5.74) is 2.75. The number of thiocarbonyl (C=S) groups is 1. The van der Waals surface area contributed by atoms with Crippen LogP contribution in [0, 0.1) is 0 Å². The van der Waals surface area contributed by atoms with Gasteiger partial charge in [-0.05, 0) is 49.3 Å². The molecule has 0 unspecified atom stereocenters. The van der Waals surface area contributed by atoms with Gasteiger partial charge in [-0.1, -0.05) is 36.4 Å². The van der Waals surface area contributed by atoms with Gasteiger partial charge in [-0.2, -0.15) is 0 Å². The van der Waals surface area contributed by atoms with Gasteiger partial charge in [-0.3, -0.25) is 5.01 Å². The highest BCUT2D eigenvalue weighted by molar-refractivity contribution is 7.80. The molecule has 158 valence electrons. The third-order valence-corrected chi connectivity index (χ3v) is 5.09. The van der Waals surface area contributed by atoms with Gasteiger partial charge < -0.3 is 19.5 Å². The van der Waals surface area contributed by atoms with Crippen LogP contribution < -0.4 is 20.6 Å². The van der Waals surface area contributed by atoms with Crippen LogP contribution in [0.25, 0.3) is 0 Å². The maximum atomic E-state index is 12.6. The number of allylic oxidation sites excluding steroid dienone is 1. The number of nitrogens with zero attached hydrogens (tertiary/aromatic N) is 1. The van der Waals surface area contributed by atoms with E-state index >= 15 is 0 Å². The lowest BCUT2D eigenvalue weighted by molar-refractivity contribution is -0.139. The largest absolute Gasteiger partial charge is 0.493 e. The number of nitrogens with two attached hydrogens (primary N) is 1. The van der Waals surface area contributed by atoms with Gasteiger partial charge in [0.1, 0.15) is 6.61 Å². The van der Waals surface area contributed by atoms with Crippen molar-refractivity contribution in [3.05, 3.63) is 70.9 Å². The minimum Gasteiger partial charge on any atom is -0.493 e. The van der Waals surface area contributed by atoms with Gasteiger partial charge in [0.15, 0.2) is 16.6 Å². The molecule has 0 aliphatic carbocycles. The van der Waals surface area contributed by atoms with Gasteiger partial charge in [0, 0.05) is 5.70 Å². The third-order valence-electron chi connectivity index (χ3n) is 4.78. The van der Waals surface area contributed by atoms with Crippen molar-refractivity contribution >= 4 is 23.3 Å². The quantitative estimate of drug-likeness (QED) is 0.396. The first-order valence-electron chi connectivity index (χ1n) is 9.54. The lowest BCUT2D eigenvalue weighted by Crippen LogP contribution is -2.50. The molecule has 2 aromatic carbocycles. The first-order chi connectivity index (χ1) is 14.5. The topological polar surface area (TPSA) is 86.1 Å². The number of hydrazine groups is 1. The van der Waals surface area contributed by atoms with E-state index in [9.17, 15) is 4.79 Å². The Labute approximate surface area is 181 Å². The van der Waals surface area contributed by atoms with E-state index in [1.165, 1.54) is 5.01 Å². The maximum absolute atomic E-state index is 12.6. The molecule has 0 radical (unpaired) electrons. The van der Waals surface area contributed by atoms with Crippen LogP contribution in [0.1, 0.15) is 31.0 Å². The molecule has 30 heavy (non-hydrogen) atoms. The Morgan fingerprint density at radius 3 is 2.60 bits per heavy atom. The number of nitrogens with one attached hydrogen (secondary N) is 1. The molecule has 0 amide bonds. The smallest absolute Gasteiger partial charge is 0.338 e. The van der Waals surface area contributed by atoms with E-state index in [0.717, 1.165) is 11.1 Å². The number of esters is 1. The second-order valence-electron chi connectivity index (χ2n) is 6.66. The Morgan fingerprint density at radius 1 is 1.20 bits per heavy atom. The zero-order valence-corrected chi connectivity index (χ0v) is 18.0. The van der Waals surface area contributed by atoms with Crippen LogP contribution in [0.15, 0.2) is 59.8 Å². The number of methoxy groups -OCH3 is 1. The Hall–Kier alpha value is -3.10. The van der Waals surface area contributed by atoms with Gasteiger partial charge >= 0.3 is 5.97 Å². The second-order valence-corrected chi connectivity index (χ2v) is 7.04. The molecule has 1 aliphatic rings. The number of ether oxygens (including phenoxy) is 3. The first kappa shape index (κ1) is 21.6. The molecule has 1 atom stereocenters. The van der Waals surface area contributed by atoms with Gasteiger partial charge in [-0.25, -0.2) is 10.6 Å². The van der Waals surface area contributed by atoms with E-state index in [1.807, 2.05) is 48.5 Å². The summed E-state index contributed by atoms with van der Waals surface area (Å²) < 4.78 is 16.7. The lowest BCUT2D eigenvalue weighted by atomic mass is 9.95. The highest BCUT2D eigenvalue weighted by Crippen LogP contribution is 2.36. The van der Waals surface area contributed by atoms with Gasteiger partial charge in [-0.15, -0.1) is 0 Å². The molecule has 0 saturated heterocycles. The van der Waals surface area contributed by atoms with Crippen molar-refractivity contribution in [3.8, 4) is 11.5 Å². The van der Waals surface area contributed by atoms with E-state index in [-0.39, 0.29) is 6.61 Å². The Bertz CT molecular complexity index is 962. The molecular formula is C22H25N3O4S. The average molecular weight is 428 g/mol. The molecule has 3 N–H and O–H groups in total. The van der Waals surface area contributed by atoms with Crippen molar-refractivity contribution in [2.24, 2.45) is 5.84 Å². The molecule has 1 heterocycles. The molecule has 7 nitrogen and oxygen atoms in total. The summed E-state index contributed by atoms with van der Waals surface area (Å²) >= 11 is 5.32. The molecule has 8 heteroatoms. The molecule has 1 aliphatic heterocycles. The van der Waals surface area contributed by atoms with Crippen LogP contribution in [0.5, 0.6) is 11.5 Å². The van der Waals surface area contributed by atoms with E-state index in [1.54, 1.807) is 21.0 Å². The minimum absolute atomic E-state index is 0.257. The molecular weight excluding hydrogens is 402 g/mol. The summed E-state index contributed by atoms with van der Waals surface area (Å²) in [6.45, 7) is 4.16. The first-order valence-corrected chi connectivity index (χ1v) is 9.95. The van der Waals surface area contributed by atoms with Crippen LogP contribution in [0.2, 0.25) is 0 Å². The van der Waals surface area contributed by atoms with Crippen molar-refractivity contribution < 1.29 is 19.0 Å². The van der Waals surface area contributed by atoms with Crippen LogP contribution >= 0.6 is 12.2 Å². The summed E-state index contributed by atoms with van der Waals surface area (Å²) in [7, 11) is 1.57. The van der Waals surface area contributed by atoms with Crippen LogP contribution in [-0.4, -0.2) is 29.8 Å². The fourth-order valence-electron chi connectivity index (χ4n) is 3.20. The van der Waals surface area contributed by atoms with Crippen molar-refractivity contribution in [2.75, 3.05) is 13.7 Å². The van der Waals surface area contributed by atoms with E-state index in [4.69, 9.17) is 32.3 Å². The van der Waals surface area contributed by atoms with Gasteiger partial charge in [0.25, 0.3) is 0 Å². The fraction of sp³-hybridized carbons (Fsp3) is 0.273.